The Morgan fingerprint density at radius 2 is 2.13 bits per heavy atom. The van der Waals surface area contributed by atoms with Crippen LogP contribution in [0.3, 0.4) is 0 Å². The van der Waals surface area contributed by atoms with E-state index in [1.54, 1.807) is 5.51 Å². The van der Waals surface area contributed by atoms with Gasteiger partial charge in [0.05, 0.1) is 18.3 Å². The van der Waals surface area contributed by atoms with E-state index >= 15 is 0 Å². The van der Waals surface area contributed by atoms with Crippen LogP contribution in [0.5, 0.6) is 0 Å². The van der Waals surface area contributed by atoms with Crippen molar-refractivity contribution in [1.82, 2.24) is 4.98 Å². The normalized spacial score (nSPS) is 17.3. The predicted molar refractivity (Wildman–Crippen MR) is 92.5 cm³/mol. The van der Waals surface area contributed by atoms with Crippen molar-refractivity contribution in [1.29, 1.82) is 0 Å². The van der Waals surface area contributed by atoms with Gasteiger partial charge in [-0.2, -0.15) is 0 Å². The molecule has 1 aliphatic carbocycles. The lowest BCUT2D eigenvalue weighted by Gasteiger charge is -2.16. The maximum Gasteiger partial charge on any atom is 0.359 e. The highest BCUT2D eigenvalue weighted by atomic mass is 32.1. The van der Waals surface area contributed by atoms with Crippen LogP contribution < -0.4 is 0 Å². The molecule has 0 radical (unpaired) electrons. The Hall–Kier alpha value is -2.53. The third kappa shape index (κ3) is 3.46. The second kappa shape index (κ2) is 7.15. The Morgan fingerprint density at radius 3 is 2.83 bits per heavy atom. The molecule has 4 nitrogen and oxygen atoms in total. The molecule has 0 saturated heterocycles. The Balaban J connectivity index is 2.05. The third-order valence-electron chi connectivity index (χ3n) is 3.55. The van der Waals surface area contributed by atoms with Gasteiger partial charge in [-0.05, 0) is 12.0 Å². The fourth-order valence-electron chi connectivity index (χ4n) is 2.42. The van der Waals surface area contributed by atoms with Crippen LogP contribution in [0.1, 0.15) is 22.5 Å². The van der Waals surface area contributed by atoms with E-state index < -0.39 is 5.97 Å². The zero-order valence-electron chi connectivity index (χ0n) is 12.7. The van der Waals surface area contributed by atoms with Gasteiger partial charge in [0.1, 0.15) is 0 Å². The lowest BCUT2D eigenvalue weighted by molar-refractivity contribution is 0.0596. The zero-order chi connectivity index (χ0) is 16.1. The molecule has 23 heavy (non-hydrogen) atoms. The minimum absolute atomic E-state index is 0.176. The van der Waals surface area contributed by atoms with E-state index in [4.69, 9.17) is 9.73 Å². The molecule has 0 fully saturated rings. The van der Waals surface area contributed by atoms with Gasteiger partial charge in [0.2, 0.25) is 0 Å². The molecule has 0 spiro atoms. The van der Waals surface area contributed by atoms with Crippen LogP contribution in [-0.2, 0) is 4.74 Å². The number of hydrogen-bond acceptors (Lipinski definition) is 5. The molecule has 1 unspecified atom stereocenters. The number of carbonyl (C=O) groups is 1. The zero-order valence-corrected chi connectivity index (χ0v) is 13.5. The number of ether oxygens (including phenoxy) is 1. The Labute approximate surface area is 138 Å². The van der Waals surface area contributed by atoms with Crippen LogP contribution in [0.4, 0.5) is 5.00 Å². The van der Waals surface area contributed by atoms with Crippen molar-refractivity contribution in [3.8, 4) is 0 Å². The van der Waals surface area contributed by atoms with E-state index in [9.17, 15) is 4.79 Å². The van der Waals surface area contributed by atoms with Crippen molar-refractivity contribution >= 4 is 28.0 Å². The SMILES string of the molecule is COC(=O)c1ncsc1N=C(c1ccccc1)C1C=CC=CC1. The summed E-state index contributed by atoms with van der Waals surface area (Å²) in [7, 11) is 1.35. The van der Waals surface area contributed by atoms with Crippen LogP contribution in [0.2, 0.25) is 0 Å². The second-order valence-electron chi connectivity index (χ2n) is 5.02. The number of thiazole rings is 1. The van der Waals surface area contributed by atoms with E-state index in [0.29, 0.717) is 5.00 Å². The predicted octanol–water partition coefficient (Wildman–Crippen LogP) is 4.18. The largest absolute Gasteiger partial charge is 0.464 e. The molecule has 0 aliphatic heterocycles. The van der Waals surface area contributed by atoms with Gasteiger partial charge in [-0.25, -0.2) is 14.8 Å². The van der Waals surface area contributed by atoms with Crippen LogP contribution in [0, 0.1) is 5.92 Å². The molecule has 0 bridgehead atoms. The van der Waals surface area contributed by atoms with Crippen molar-refractivity contribution in [3.63, 3.8) is 0 Å². The molecule has 0 amide bonds. The van der Waals surface area contributed by atoms with Crippen molar-refractivity contribution < 1.29 is 9.53 Å². The quantitative estimate of drug-likeness (QED) is 0.626. The maximum atomic E-state index is 11.8. The summed E-state index contributed by atoms with van der Waals surface area (Å²) >= 11 is 1.34. The molecule has 116 valence electrons. The second-order valence-corrected chi connectivity index (χ2v) is 5.85. The molecule has 1 aromatic carbocycles. The number of aromatic nitrogens is 1. The molecule has 1 aromatic heterocycles. The minimum Gasteiger partial charge on any atom is -0.464 e. The van der Waals surface area contributed by atoms with Gasteiger partial charge >= 0.3 is 5.97 Å². The highest BCUT2D eigenvalue weighted by Crippen LogP contribution is 2.28. The summed E-state index contributed by atoms with van der Waals surface area (Å²) in [6.07, 6.45) is 9.20. The number of hydrogen-bond donors (Lipinski definition) is 0. The molecule has 2 aromatic rings. The average Bonchev–Trinajstić information content (AvgIpc) is 3.09. The van der Waals surface area contributed by atoms with E-state index in [2.05, 4.69) is 17.1 Å². The summed E-state index contributed by atoms with van der Waals surface area (Å²) in [5.74, 6) is -0.286. The van der Waals surface area contributed by atoms with E-state index in [0.717, 1.165) is 17.7 Å². The van der Waals surface area contributed by atoms with Gasteiger partial charge in [0, 0.05) is 5.92 Å². The number of carbonyl (C=O) groups excluding carboxylic acids is 1. The first-order valence-corrected chi connectivity index (χ1v) is 8.16. The number of esters is 1. The topological polar surface area (TPSA) is 51.5 Å². The minimum atomic E-state index is -0.462. The van der Waals surface area contributed by atoms with Crippen molar-refractivity contribution in [2.75, 3.05) is 7.11 Å². The number of nitrogens with zero attached hydrogens (tertiary/aromatic N) is 2. The standard InChI is InChI=1S/C18H16N2O2S/c1-22-18(21)16-17(23-12-19-16)20-15(13-8-4-2-5-9-13)14-10-6-3-7-11-14/h2-10,12,14H,11H2,1H3. The highest BCUT2D eigenvalue weighted by Gasteiger charge is 2.20. The molecule has 0 N–H and O–H groups in total. The first-order chi connectivity index (χ1) is 11.3. The summed E-state index contributed by atoms with van der Waals surface area (Å²) < 4.78 is 4.78. The smallest absolute Gasteiger partial charge is 0.359 e. The van der Waals surface area contributed by atoms with E-state index in [-0.39, 0.29) is 11.6 Å². The van der Waals surface area contributed by atoms with Gasteiger partial charge in [-0.3, -0.25) is 0 Å². The van der Waals surface area contributed by atoms with Crippen molar-refractivity contribution in [2.45, 2.75) is 6.42 Å². The fraction of sp³-hybridized carbons (Fsp3) is 0.167. The maximum absolute atomic E-state index is 11.8. The molecular weight excluding hydrogens is 308 g/mol. The Morgan fingerprint density at radius 1 is 1.30 bits per heavy atom. The number of methoxy groups -OCH3 is 1. The van der Waals surface area contributed by atoms with Crippen LogP contribution >= 0.6 is 11.3 Å². The molecule has 5 heteroatoms. The lowest BCUT2D eigenvalue weighted by atomic mass is 9.91. The average molecular weight is 324 g/mol. The Bertz CT molecular complexity index is 775. The first-order valence-electron chi connectivity index (χ1n) is 7.28. The molecule has 1 atom stereocenters. The number of aliphatic imine (C=N–C) groups is 1. The monoisotopic (exact) mass is 324 g/mol. The van der Waals surface area contributed by atoms with Gasteiger partial charge in [0.15, 0.2) is 10.7 Å². The summed E-state index contributed by atoms with van der Waals surface area (Å²) in [5, 5.41) is 0.582. The molecular formula is C18H16N2O2S. The van der Waals surface area contributed by atoms with Gasteiger partial charge in [-0.15, -0.1) is 11.3 Å². The van der Waals surface area contributed by atoms with Crippen LogP contribution in [-0.4, -0.2) is 23.8 Å². The Kier molecular flexibility index (Phi) is 4.78. The highest BCUT2D eigenvalue weighted by molar-refractivity contribution is 7.14. The van der Waals surface area contributed by atoms with Gasteiger partial charge in [0.25, 0.3) is 0 Å². The summed E-state index contributed by atoms with van der Waals surface area (Å²) in [5.41, 5.74) is 3.85. The van der Waals surface area contributed by atoms with E-state index in [1.807, 2.05) is 42.5 Å². The molecule has 3 rings (SSSR count). The van der Waals surface area contributed by atoms with Crippen molar-refractivity contribution in [2.24, 2.45) is 10.9 Å². The number of rotatable bonds is 4. The van der Waals surface area contributed by atoms with Gasteiger partial charge in [-0.1, -0.05) is 54.6 Å². The molecule has 1 aliphatic rings. The number of allylic oxidation sites excluding steroid dienone is 4. The lowest BCUT2D eigenvalue weighted by Crippen LogP contribution is -2.14. The number of benzene rings is 1. The van der Waals surface area contributed by atoms with Crippen molar-refractivity contribution in [3.05, 3.63) is 71.4 Å². The summed E-state index contributed by atoms with van der Waals surface area (Å²) in [4.78, 5) is 20.7. The van der Waals surface area contributed by atoms with E-state index in [1.165, 1.54) is 18.4 Å². The molecule has 1 heterocycles. The van der Waals surface area contributed by atoms with Crippen LogP contribution in [0.15, 0.2) is 65.1 Å². The first kappa shape index (κ1) is 15.4. The molecule has 0 saturated carbocycles. The third-order valence-corrected chi connectivity index (χ3v) is 4.27. The fourth-order valence-corrected chi connectivity index (χ4v) is 3.08. The summed E-state index contributed by atoms with van der Waals surface area (Å²) in [6, 6.07) is 10.0. The van der Waals surface area contributed by atoms with Crippen LogP contribution in [0.25, 0.3) is 0 Å². The van der Waals surface area contributed by atoms with Gasteiger partial charge < -0.3 is 4.74 Å². The summed E-state index contributed by atoms with van der Waals surface area (Å²) in [6.45, 7) is 0.